The molecule has 2 unspecified atom stereocenters. The number of aliphatic hydroxyl groups is 1. The predicted molar refractivity (Wildman–Crippen MR) is 244 cm³/mol. The van der Waals surface area contributed by atoms with E-state index in [0.29, 0.717) is 12.8 Å². The van der Waals surface area contributed by atoms with Gasteiger partial charge >= 0.3 is 0 Å². The van der Waals surface area contributed by atoms with Crippen molar-refractivity contribution in [1.82, 2.24) is 5.32 Å². The molecule has 0 saturated heterocycles. The Morgan fingerprint density at radius 2 is 0.821 bits per heavy atom. The van der Waals surface area contributed by atoms with Crippen molar-refractivity contribution < 1.29 is 22.9 Å². The maximum absolute atomic E-state index is 12.6. The molecule has 3 N–H and O–H groups in total. The minimum atomic E-state index is -4.36. The molecule has 6 nitrogen and oxygen atoms in total. The summed E-state index contributed by atoms with van der Waals surface area (Å²) in [6.07, 6.45) is 59.3. The molecular weight excluding hydrogens is 715 g/mol. The van der Waals surface area contributed by atoms with Crippen LogP contribution < -0.4 is 5.32 Å². The molecule has 0 heterocycles. The van der Waals surface area contributed by atoms with Gasteiger partial charge in [-0.1, -0.05) is 209 Å². The van der Waals surface area contributed by atoms with Crippen molar-refractivity contribution in [3.63, 3.8) is 0 Å². The van der Waals surface area contributed by atoms with Gasteiger partial charge in [0.15, 0.2) is 0 Å². The highest BCUT2D eigenvalue weighted by atomic mass is 32.2. The summed E-state index contributed by atoms with van der Waals surface area (Å²) in [7, 11) is -4.36. The first-order chi connectivity index (χ1) is 27.3. The summed E-state index contributed by atoms with van der Waals surface area (Å²) >= 11 is 0. The zero-order valence-electron chi connectivity index (χ0n) is 36.5. The second-order valence-electron chi connectivity index (χ2n) is 16.0. The number of rotatable bonds is 42. The zero-order valence-corrected chi connectivity index (χ0v) is 37.3. The Hall–Kier alpha value is -1.96. The molecular formula is C49H89NO5S. The molecule has 0 saturated carbocycles. The number of hydrogen-bond donors (Lipinski definition) is 3. The lowest BCUT2D eigenvalue weighted by Gasteiger charge is -2.21. The molecule has 0 spiro atoms. The van der Waals surface area contributed by atoms with E-state index in [-0.39, 0.29) is 12.3 Å². The Morgan fingerprint density at radius 1 is 0.482 bits per heavy atom. The SMILES string of the molecule is CCCCCCC/C=C\C/C=C\C/C=C\CCCCCCCCC(=O)NC(CS(=O)(=O)O)C(O)/C=C/CC/C=C/CCCCCCCCCCCCCCCC. The Kier molecular flexibility index (Phi) is 41.1. The number of aliphatic hydroxyl groups excluding tert-OH is 1. The van der Waals surface area contributed by atoms with E-state index in [0.717, 1.165) is 51.4 Å². The standard InChI is InChI=1S/C49H89NO5S/c1-3-5-7-9-11-13-15-17-19-21-23-25-27-29-31-33-35-37-39-41-43-45-49(52)50-47(46-56(53,54)55)48(51)44-42-40-38-36-34-32-30-28-26-24-22-20-18-16-14-12-10-8-6-4-2/h15,17,21,23,27,29,34,36,42,44,47-48,51H,3-14,16,18-20,22,24-26,28,30-33,35,37-41,43,45-46H2,1-2H3,(H,50,52)(H,53,54,55)/b17-15-,23-21-,29-27-,36-34+,44-42+. The third-order valence-electron chi connectivity index (χ3n) is 10.4. The molecule has 2 atom stereocenters. The van der Waals surface area contributed by atoms with Crippen LogP contribution in [0, 0.1) is 0 Å². The zero-order chi connectivity index (χ0) is 41.1. The number of allylic oxidation sites excluding steroid dienone is 9. The lowest BCUT2D eigenvalue weighted by Crippen LogP contribution is -2.46. The van der Waals surface area contributed by atoms with Crippen LogP contribution in [-0.2, 0) is 14.9 Å². The van der Waals surface area contributed by atoms with Crippen molar-refractivity contribution in [2.24, 2.45) is 0 Å². The fourth-order valence-electron chi connectivity index (χ4n) is 6.88. The van der Waals surface area contributed by atoms with Crippen molar-refractivity contribution in [2.45, 2.75) is 238 Å². The van der Waals surface area contributed by atoms with Gasteiger partial charge in [0.25, 0.3) is 10.1 Å². The summed E-state index contributed by atoms with van der Waals surface area (Å²) in [4.78, 5) is 12.6. The van der Waals surface area contributed by atoms with Crippen LogP contribution in [0.2, 0.25) is 0 Å². The van der Waals surface area contributed by atoms with Crippen LogP contribution in [0.1, 0.15) is 226 Å². The first-order valence-corrected chi connectivity index (χ1v) is 25.1. The molecule has 0 aromatic carbocycles. The number of amides is 1. The minimum absolute atomic E-state index is 0.271. The maximum atomic E-state index is 12.6. The summed E-state index contributed by atoms with van der Waals surface area (Å²) in [5.41, 5.74) is 0. The lowest BCUT2D eigenvalue weighted by molar-refractivity contribution is -0.122. The van der Waals surface area contributed by atoms with Crippen molar-refractivity contribution in [3.8, 4) is 0 Å². The smallest absolute Gasteiger partial charge is 0.267 e. The molecule has 0 aromatic rings. The fourth-order valence-corrected chi connectivity index (χ4v) is 7.62. The molecule has 7 heteroatoms. The monoisotopic (exact) mass is 804 g/mol. The molecule has 0 rings (SSSR count). The molecule has 0 radical (unpaired) electrons. The molecule has 0 aliphatic heterocycles. The first kappa shape index (κ1) is 54.0. The highest BCUT2D eigenvalue weighted by Crippen LogP contribution is 2.14. The van der Waals surface area contributed by atoms with Gasteiger partial charge in [-0.2, -0.15) is 8.42 Å². The molecule has 0 bridgehead atoms. The summed E-state index contributed by atoms with van der Waals surface area (Å²) in [5.74, 6) is -1.02. The van der Waals surface area contributed by atoms with Crippen molar-refractivity contribution in [3.05, 3.63) is 60.8 Å². The van der Waals surface area contributed by atoms with Crippen LogP contribution in [0.15, 0.2) is 60.8 Å². The average Bonchev–Trinajstić information content (AvgIpc) is 3.16. The molecule has 1 amide bonds. The van der Waals surface area contributed by atoms with E-state index in [9.17, 15) is 22.9 Å². The van der Waals surface area contributed by atoms with Crippen LogP contribution in [0.5, 0.6) is 0 Å². The summed E-state index contributed by atoms with van der Waals surface area (Å²) in [6, 6.07) is -1.08. The highest BCUT2D eigenvalue weighted by Gasteiger charge is 2.24. The number of carbonyl (C=O) groups is 1. The predicted octanol–water partition coefficient (Wildman–Crippen LogP) is 14.4. The molecule has 56 heavy (non-hydrogen) atoms. The summed E-state index contributed by atoms with van der Waals surface area (Å²) in [6.45, 7) is 4.53. The van der Waals surface area contributed by atoms with E-state index in [2.05, 4.69) is 67.8 Å². The van der Waals surface area contributed by atoms with Crippen LogP contribution in [0.3, 0.4) is 0 Å². The third-order valence-corrected chi connectivity index (χ3v) is 11.2. The quantitative estimate of drug-likeness (QED) is 0.0324. The van der Waals surface area contributed by atoms with Gasteiger partial charge in [0.1, 0.15) is 0 Å². The number of nitrogens with one attached hydrogen (secondary N) is 1. The van der Waals surface area contributed by atoms with Gasteiger partial charge in [-0.3, -0.25) is 9.35 Å². The molecule has 0 aliphatic rings. The Balaban J connectivity index is 3.94. The normalized spacial score (nSPS) is 13.7. The van der Waals surface area contributed by atoms with Crippen molar-refractivity contribution in [1.29, 1.82) is 0 Å². The number of hydrogen-bond acceptors (Lipinski definition) is 4. The second-order valence-corrected chi connectivity index (χ2v) is 17.5. The first-order valence-electron chi connectivity index (χ1n) is 23.5. The number of unbranched alkanes of at least 4 members (excludes halogenated alkanes) is 26. The molecule has 0 aliphatic carbocycles. The Labute approximate surface area is 347 Å². The van der Waals surface area contributed by atoms with Crippen molar-refractivity contribution in [2.75, 3.05) is 5.75 Å². The number of carbonyl (C=O) groups excluding carboxylic acids is 1. The lowest BCUT2D eigenvalue weighted by atomic mass is 10.0. The molecule has 0 fully saturated rings. The Bertz CT molecular complexity index is 1110. The maximum Gasteiger partial charge on any atom is 0.267 e. The van der Waals surface area contributed by atoms with E-state index >= 15 is 0 Å². The van der Waals surface area contributed by atoms with Crippen LogP contribution >= 0.6 is 0 Å². The fraction of sp³-hybridized carbons (Fsp3) is 0.776. The van der Waals surface area contributed by atoms with Gasteiger partial charge in [0.05, 0.1) is 17.9 Å². The highest BCUT2D eigenvalue weighted by molar-refractivity contribution is 7.85. The third kappa shape index (κ3) is 43.2. The molecule has 0 aromatic heterocycles. The topological polar surface area (TPSA) is 104 Å². The van der Waals surface area contributed by atoms with E-state index < -0.39 is 28.0 Å². The van der Waals surface area contributed by atoms with Crippen LogP contribution in [-0.4, -0.2) is 41.9 Å². The summed E-state index contributed by atoms with van der Waals surface area (Å²) < 4.78 is 32.6. The largest absolute Gasteiger partial charge is 0.387 e. The average molecular weight is 804 g/mol. The van der Waals surface area contributed by atoms with Gasteiger partial charge in [-0.05, 0) is 70.6 Å². The van der Waals surface area contributed by atoms with E-state index in [1.807, 2.05) is 6.08 Å². The van der Waals surface area contributed by atoms with E-state index in [1.54, 1.807) is 0 Å². The van der Waals surface area contributed by atoms with Crippen LogP contribution in [0.25, 0.3) is 0 Å². The van der Waals surface area contributed by atoms with Gasteiger partial charge in [0, 0.05) is 6.42 Å². The van der Waals surface area contributed by atoms with E-state index in [1.165, 1.54) is 147 Å². The Morgan fingerprint density at radius 3 is 1.25 bits per heavy atom. The minimum Gasteiger partial charge on any atom is -0.387 e. The van der Waals surface area contributed by atoms with Gasteiger partial charge < -0.3 is 10.4 Å². The second kappa shape index (κ2) is 42.6. The summed E-state index contributed by atoms with van der Waals surface area (Å²) in [5, 5.41) is 13.3. The van der Waals surface area contributed by atoms with Crippen LogP contribution in [0.4, 0.5) is 0 Å². The van der Waals surface area contributed by atoms with Gasteiger partial charge in [0.2, 0.25) is 5.91 Å². The molecule has 326 valence electrons. The van der Waals surface area contributed by atoms with E-state index in [4.69, 9.17) is 0 Å². The van der Waals surface area contributed by atoms with Crippen molar-refractivity contribution >= 4 is 16.0 Å². The van der Waals surface area contributed by atoms with Gasteiger partial charge in [-0.15, -0.1) is 0 Å². The van der Waals surface area contributed by atoms with Gasteiger partial charge in [-0.25, -0.2) is 0 Å².